The van der Waals surface area contributed by atoms with Crippen LogP contribution in [0.4, 0.5) is 5.69 Å². The van der Waals surface area contributed by atoms with Gasteiger partial charge in [-0.25, -0.2) is 8.42 Å². The van der Waals surface area contributed by atoms with E-state index < -0.39 is 28.5 Å². The van der Waals surface area contributed by atoms with Crippen molar-refractivity contribution in [1.82, 2.24) is 10.2 Å². The average Bonchev–Trinajstić information content (AvgIpc) is 2.76. The molecule has 0 bridgehead atoms. The molecule has 0 aromatic heterocycles. The number of nitrogens with one attached hydrogen (secondary N) is 1. The number of halogens is 3. The predicted octanol–water partition coefficient (Wildman–Crippen LogP) is 5.02. The Bertz CT molecular complexity index is 1170. The summed E-state index contributed by atoms with van der Waals surface area (Å²) in [6, 6.07) is 9.06. The molecule has 2 amide bonds. The van der Waals surface area contributed by atoms with Crippen LogP contribution in [0.15, 0.2) is 40.9 Å². The van der Waals surface area contributed by atoms with Gasteiger partial charge in [0.1, 0.15) is 12.6 Å². The van der Waals surface area contributed by atoms with Crippen LogP contribution in [0.3, 0.4) is 0 Å². The number of carbonyl (C=O) groups excluding carboxylic acids is 2. The van der Waals surface area contributed by atoms with Crippen molar-refractivity contribution in [3.05, 3.63) is 62.0 Å². The van der Waals surface area contributed by atoms with E-state index in [9.17, 15) is 18.0 Å². The minimum atomic E-state index is -3.81. The van der Waals surface area contributed by atoms with Crippen molar-refractivity contribution in [3.8, 4) is 0 Å². The van der Waals surface area contributed by atoms with Gasteiger partial charge in [-0.2, -0.15) is 0 Å². The fraction of sp³-hybridized carbons (Fsp3) is 0.417. The molecule has 7 nitrogen and oxygen atoms in total. The van der Waals surface area contributed by atoms with E-state index in [0.717, 1.165) is 20.6 Å². The second kappa shape index (κ2) is 12.4. The molecule has 0 aliphatic rings. The Hall–Kier alpha value is -1.81. The Morgan fingerprint density at radius 2 is 1.69 bits per heavy atom. The summed E-state index contributed by atoms with van der Waals surface area (Å²) in [6.07, 6.45) is 1.03. The quantitative estimate of drug-likeness (QED) is 0.411. The molecule has 0 aliphatic carbocycles. The van der Waals surface area contributed by atoms with Crippen molar-refractivity contribution in [3.63, 3.8) is 0 Å². The summed E-state index contributed by atoms with van der Waals surface area (Å²) in [5.74, 6) is -0.713. The summed E-state index contributed by atoms with van der Waals surface area (Å²) in [6.45, 7) is 7.21. The van der Waals surface area contributed by atoms with Crippen molar-refractivity contribution >= 4 is 66.7 Å². The zero-order valence-electron chi connectivity index (χ0n) is 20.3. The number of nitrogens with zero attached hydrogens (tertiary/aromatic N) is 2. The van der Waals surface area contributed by atoms with Crippen LogP contribution in [0.1, 0.15) is 31.9 Å². The summed E-state index contributed by atoms with van der Waals surface area (Å²) in [7, 11) is -3.81. The maximum atomic E-state index is 13.6. The maximum Gasteiger partial charge on any atom is 0.244 e. The minimum Gasteiger partial charge on any atom is -0.354 e. The lowest BCUT2D eigenvalue weighted by Gasteiger charge is -2.32. The number of amides is 2. The van der Waals surface area contributed by atoms with E-state index >= 15 is 0 Å². The first-order valence-corrected chi connectivity index (χ1v) is 14.4. The molecule has 0 spiro atoms. The zero-order valence-corrected chi connectivity index (χ0v) is 24.2. The van der Waals surface area contributed by atoms with Gasteiger partial charge in [-0.3, -0.25) is 13.9 Å². The first kappa shape index (κ1) is 29.4. The highest BCUT2D eigenvalue weighted by molar-refractivity contribution is 9.10. The lowest BCUT2D eigenvalue weighted by Crippen LogP contribution is -2.51. The number of hydrogen-bond acceptors (Lipinski definition) is 4. The summed E-state index contributed by atoms with van der Waals surface area (Å²) in [5.41, 5.74) is 1.62. The van der Waals surface area contributed by atoms with Gasteiger partial charge in [0.15, 0.2) is 0 Å². The molecule has 2 rings (SSSR count). The van der Waals surface area contributed by atoms with Gasteiger partial charge in [0.25, 0.3) is 0 Å². The standard InChI is InChI=1S/C24H30BrCl2N3O4S/c1-15(2)12-28-24(32)17(4)29(13-19-21(26)7-6-8-22(19)27)23(31)14-30(35(5,33)34)18-9-10-20(25)16(3)11-18/h6-11,15,17H,12-14H2,1-5H3,(H,28,32). The SMILES string of the molecule is Cc1cc(N(CC(=O)N(Cc2c(Cl)cccc2Cl)C(C)C(=O)NCC(C)C)S(C)(=O)=O)ccc1Br. The summed E-state index contributed by atoms with van der Waals surface area (Å²) in [5, 5.41) is 3.51. The van der Waals surface area contributed by atoms with Gasteiger partial charge in [-0.05, 0) is 55.7 Å². The smallest absolute Gasteiger partial charge is 0.244 e. The fourth-order valence-electron chi connectivity index (χ4n) is 3.29. The van der Waals surface area contributed by atoms with Crippen LogP contribution >= 0.6 is 39.1 Å². The van der Waals surface area contributed by atoms with Gasteiger partial charge in [0, 0.05) is 33.2 Å². The largest absolute Gasteiger partial charge is 0.354 e. The number of sulfonamides is 1. The Morgan fingerprint density at radius 1 is 1.09 bits per heavy atom. The molecule has 0 fully saturated rings. The van der Waals surface area contributed by atoms with Gasteiger partial charge in [-0.15, -0.1) is 0 Å². The summed E-state index contributed by atoms with van der Waals surface area (Å²) < 4.78 is 27.1. The van der Waals surface area contributed by atoms with Crippen LogP contribution in [0, 0.1) is 12.8 Å². The van der Waals surface area contributed by atoms with E-state index in [0.29, 0.717) is 27.8 Å². The third-order valence-electron chi connectivity index (χ3n) is 5.35. The normalized spacial score (nSPS) is 12.4. The lowest BCUT2D eigenvalue weighted by molar-refractivity contribution is -0.139. The molecule has 192 valence electrons. The van der Waals surface area contributed by atoms with Crippen LogP contribution in [0.5, 0.6) is 0 Å². The number of anilines is 1. The highest BCUT2D eigenvalue weighted by atomic mass is 79.9. The molecule has 1 N–H and O–H groups in total. The zero-order chi connectivity index (χ0) is 26.5. The second-order valence-corrected chi connectivity index (χ2v) is 12.3. The average molecular weight is 607 g/mol. The Labute approximate surface area is 225 Å². The molecule has 11 heteroatoms. The number of rotatable bonds is 10. The number of hydrogen-bond donors (Lipinski definition) is 1. The van der Waals surface area contributed by atoms with E-state index in [2.05, 4.69) is 21.2 Å². The number of aryl methyl sites for hydroxylation is 1. The van der Waals surface area contributed by atoms with Crippen molar-refractivity contribution in [2.75, 3.05) is 23.7 Å². The molecule has 0 saturated carbocycles. The Morgan fingerprint density at radius 3 is 2.20 bits per heavy atom. The predicted molar refractivity (Wildman–Crippen MR) is 145 cm³/mol. The van der Waals surface area contributed by atoms with Gasteiger partial charge < -0.3 is 10.2 Å². The topological polar surface area (TPSA) is 86.8 Å². The third-order valence-corrected chi connectivity index (χ3v) is 8.09. The van der Waals surface area contributed by atoms with Gasteiger partial charge >= 0.3 is 0 Å². The van der Waals surface area contributed by atoms with E-state index in [-0.39, 0.29) is 18.4 Å². The van der Waals surface area contributed by atoms with Crippen molar-refractivity contribution in [2.45, 2.75) is 40.3 Å². The van der Waals surface area contributed by atoms with E-state index in [1.807, 2.05) is 20.8 Å². The van der Waals surface area contributed by atoms with Crippen molar-refractivity contribution < 1.29 is 18.0 Å². The molecule has 0 radical (unpaired) electrons. The van der Waals surface area contributed by atoms with E-state index in [1.54, 1.807) is 43.3 Å². The van der Waals surface area contributed by atoms with Crippen LogP contribution in [0.2, 0.25) is 10.0 Å². The fourth-order valence-corrected chi connectivity index (χ4v) is 4.89. The van der Waals surface area contributed by atoms with E-state index in [1.165, 1.54) is 4.90 Å². The molecule has 0 aliphatic heterocycles. The maximum absolute atomic E-state index is 13.6. The molecule has 1 atom stereocenters. The molecule has 0 saturated heterocycles. The monoisotopic (exact) mass is 605 g/mol. The Kier molecular flexibility index (Phi) is 10.4. The second-order valence-electron chi connectivity index (χ2n) is 8.74. The van der Waals surface area contributed by atoms with Gasteiger partial charge in [0.05, 0.1) is 11.9 Å². The third kappa shape index (κ3) is 8.10. The molecule has 35 heavy (non-hydrogen) atoms. The summed E-state index contributed by atoms with van der Waals surface area (Å²) >= 11 is 16.1. The minimum absolute atomic E-state index is 0.0649. The van der Waals surface area contributed by atoms with Crippen molar-refractivity contribution in [2.24, 2.45) is 5.92 Å². The Balaban J connectivity index is 2.45. The number of benzene rings is 2. The number of carbonyl (C=O) groups is 2. The van der Waals surface area contributed by atoms with Crippen LogP contribution in [0.25, 0.3) is 0 Å². The van der Waals surface area contributed by atoms with Gasteiger partial charge in [0.2, 0.25) is 21.8 Å². The molecular formula is C24H30BrCl2N3O4S. The van der Waals surface area contributed by atoms with E-state index in [4.69, 9.17) is 23.2 Å². The van der Waals surface area contributed by atoms with Crippen LogP contribution in [-0.2, 0) is 26.2 Å². The molecule has 0 heterocycles. The summed E-state index contributed by atoms with van der Waals surface area (Å²) in [4.78, 5) is 27.8. The highest BCUT2D eigenvalue weighted by Gasteiger charge is 2.31. The lowest BCUT2D eigenvalue weighted by atomic mass is 10.1. The molecular weight excluding hydrogens is 577 g/mol. The van der Waals surface area contributed by atoms with Gasteiger partial charge in [-0.1, -0.05) is 59.0 Å². The molecule has 1 unspecified atom stereocenters. The first-order chi connectivity index (χ1) is 16.2. The van der Waals surface area contributed by atoms with Crippen LogP contribution < -0.4 is 9.62 Å². The first-order valence-electron chi connectivity index (χ1n) is 11.0. The molecule has 2 aromatic rings. The van der Waals surface area contributed by atoms with Crippen LogP contribution in [-0.4, -0.2) is 50.5 Å². The highest BCUT2D eigenvalue weighted by Crippen LogP contribution is 2.28. The molecule has 2 aromatic carbocycles. The van der Waals surface area contributed by atoms with Crippen molar-refractivity contribution in [1.29, 1.82) is 0 Å².